The van der Waals surface area contributed by atoms with Crippen LogP contribution in [0, 0.1) is 0 Å². The zero-order valence-corrected chi connectivity index (χ0v) is 10.6. The molecule has 17 heavy (non-hydrogen) atoms. The third-order valence-electron chi connectivity index (χ3n) is 2.22. The second-order valence-electron chi connectivity index (χ2n) is 3.61. The summed E-state index contributed by atoms with van der Waals surface area (Å²) in [4.78, 5) is 3.98. The lowest BCUT2D eigenvalue weighted by molar-refractivity contribution is 0.107. The average Bonchev–Trinajstić information content (AvgIpc) is 2.32. The zero-order chi connectivity index (χ0) is 12.1. The molecule has 2 aromatic rings. The molecule has 2 nitrogen and oxygen atoms in total. The summed E-state index contributed by atoms with van der Waals surface area (Å²) in [6, 6.07) is 11.3. The number of pyridine rings is 1. The minimum Gasteiger partial charge on any atom is -0.372 e. The fourth-order valence-corrected chi connectivity index (χ4v) is 1.73. The lowest BCUT2D eigenvalue weighted by atomic mass is 10.2. The molecule has 4 heteroatoms. The second kappa shape index (κ2) is 6.01. The van der Waals surface area contributed by atoms with E-state index >= 15 is 0 Å². The van der Waals surface area contributed by atoms with E-state index < -0.39 is 0 Å². The van der Waals surface area contributed by atoms with Crippen molar-refractivity contribution in [2.75, 3.05) is 0 Å². The van der Waals surface area contributed by atoms with E-state index in [1.165, 1.54) is 0 Å². The average molecular weight is 268 g/mol. The maximum Gasteiger partial charge on any atom is 0.129 e. The molecule has 1 aromatic carbocycles. The Morgan fingerprint density at radius 1 is 1.00 bits per heavy atom. The van der Waals surface area contributed by atoms with E-state index in [2.05, 4.69) is 4.98 Å². The fraction of sp³-hybridized carbons (Fsp3) is 0.154. The Hall–Kier alpha value is -1.09. The van der Waals surface area contributed by atoms with Gasteiger partial charge in [-0.05, 0) is 29.3 Å². The van der Waals surface area contributed by atoms with Crippen molar-refractivity contribution in [3.05, 3.63) is 63.9 Å². The molecule has 0 spiro atoms. The molecular formula is C13H11Cl2NO. The molecule has 0 atom stereocenters. The molecule has 0 aliphatic rings. The first-order valence-corrected chi connectivity index (χ1v) is 5.92. The molecular weight excluding hydrogens is 257 g/mol. The highest BCUT2D eigenvalue weighted by atomic mass is 35.5. The lowest BCUT2D eigenvalue weighted by Crippen LogP contribution is -1.94. The summed E-state index contributed by atoms with van der Waals surface area (Å²) < 4.78 is 5.56. The number of hydrogen-bond acceptors (Lipinski definition) is 2. The van der Waals surface area contributed by atoms with Crippen molar-refractivity contribution >= 4 is 23.2 Å². The summed E-state index contributed by atoms with van der Waals surface area (Å²) in [6.07, 6.45) is 1.71. The van der Waals surface area contributed by atoms with Gasteiger partial charge in [0.1, 0.15) is 5.15 Å². The van der Waals surface area contributed by atoms with Crippen molar-refractivity contribution in [3.8, 4) is 0 Å². The number of aromatic nitrogens is 1. The Bertz CT molecular complexity index is 485. The number of benzene rings is 1. The summed E-state index contributed by atoms with van der Waals surface area (Å²) in [7, 11) is 0. The number of halogens is 2. The molecule has 2 rings (SSSR count). The first kappa shape index (κ1) is 12.4. The molecule has 0 aliphatic heterocycles. The first-order valence-electron chi connectivity index (χ1n) is 5.16. The second-order valence-corrected chi connectivity index (χ2v) is 4.44. The van der Waals surface area contributed by atoms with Crippen molar-refractivity contribution in [2.24, 2.45) is 0 Å². The maximum atomic E-state index is 5.88. The highest BCUT2D eigenvalue weighted by molar-refractivity contribution is 6.30. The predicted molar refractivity (Wildman–Crippen MR) is 69.2 cm³/mol. The molecule has 1 heterocycles. The van der Waals surface area contributed by atoms with Crippen LogP contribution in [0.15, 0.2) is 42.6 Å². The van der Waals surface area contributed by atoms with Gasteiger partial charge >= 0.3 is 0 Å². The molecule has 0 amide bonds. The van der Waals surface area contributed by atoms with Gasteiger partial charge in [0.25, 0.3) is 0 Å². The van der Waals surface area contributed by atoms with Gasteiger partial charge in [0.05, 0.1) is 13.2 Å². The Morgan fingerprint density at radius 3 is 2.53 bits per heavy atom. The van der Waals surface area contributed by atoms with E-state index in [1.54, 1.807) is 12.3 Å². The van der Waals surface area contributed by atoms with Crippen LogP contribution < -0.4 is 0 Å². The van der Waals surface area contributed by atoms with Gasteiger partial charge < -0.3 is 4.74 Å². The fourth-order valence-electron chi connectivity index (χ4n) is 1.41. The van der Waals surface area contributed by atoms with Crippen LogP contribution in [0.4, 0.5) is 0 Å². The van der Waals surface area contributed by atoms with E-state index in [9.17, 15) is 0 Å². The van der Waals surface area contributed by atoms with E-state index in [-0.39, 0.29) is 0 Å². The van der Waals surface area contributed by atoms with Crippen LogP contribution in [-0.2, 0) is 18.0 Å². The third kappa shape index (κ3) is 4.00. The van der Waals surface area contributed by atoms with Crippen molar-refractivity contribution in [1.29, 1.82) is 0 Å². The Balaban J connectivity index is 1.85. The normalized spacial score (nSPS) is 10.5. The van der Waals surface area contributed by atoms with Crippen molar-refractivity contribution < 1.29 is 4.74 Å². The third-order valence-corrected chi connectivity index (χ3v) is 2.67. The summed E-state index contributed by atoms with van der Waals surface area (Å²) in [5.41, 5.74) is 2.05. The van der Waals surface area contributed by atoms with Gasteiger partial charge in [0.15, 0.2) is 0 Å². The number of rotatable bonds is 4. The van der Waals surface area contributed by atoms with E-state index in [0.717, 1.165) is 16.1 Å². The van der Waals surface area contributed by atoms with Crippen LogP contribution >= 0.6 is 23.2 Å². The molecule has 1 aromatic heterocycles. The van der Waals surface area contributed by atoms with Crippen LogP contribution in [0.3, 0.4) is 0 Å². The van der Waals surface area contributed by atoms with Gasteiger partial charge in [-0.2, -0.15) is 0 Å². The molecule has 0 unspecified atom stereocenters. The highest BCUT2D eigenvalue weighted by Gasteiger charge is 1.97. The van der Waals surface area contributed by atoms with E-state index in [4.69, 9.17) is 27.9 Å². The van der Waals surface area contributed by atoms with Crippen LogP contribution in [0.2, 0.25) is 10.2 Å². The molecule has 0 saturated carbocycles. The van der Waals surface area contributed by atoms with Crippen molar-refractivity contribution in [2.45, 2.75) is 13.2 Å². The molecule has 0 bridgehead atoms. The zero-order valence-electron chi connectivity index (χ0n) is 9.07. The topological polar surface area (TPSA) is 22.1 Å². The molecule has 0 aliphatic carbocycles. The van der Waals surface area contributed by atoms with Gasteiger partial charge in [-0.25, -0.2) is 4.98 Å². The maximum absolute atomic E-state index is 5.88. The van der Waals surface area contributed by atoms with Crippen LogP contribution in [0.1, 0.15) is 11.1 Å². The largest absolute Gasteiger partial charge is 0.372 e. The van der Waals surface area contributed by atoms with E-state index in [1.807, 2.05) is 30.3 Å². The highest BCUT2D eigenvalue weighted by Crippen LogP contribution is 2.12. The summed E-state index contributed by atoms with van der Waals surface area (Å²) in [5, 5.41) is 1.21. The summed E-state index contributed by atoms with van der Waals surface area (Å²) >= 11 is 11.6. The Morgan fingerprint density at radius 2 is 1.82 bits per heavy atom. The van der Waals surface area contributed by atoms with Gasteiger partial charge in [0, 0.05) is 11.2 Å². The van der Waals surface area contributed by atoms with Crippen LogP contribution in [-0.4, -0.2) is 4.98 Å². The van der Waals surface area contributed by atoms with Gasteiger partial charge in [-0.3, -0.25) is 0 Å². The Kier molecular flexibility index (Phi) is 4.37. The van der Waals surface area contributed by atoms with Crippen LogP contribution in [0.5, 0.6) is 0 Å². The SMILES string of the molecule is Clc1cccc(COCc2ccc(Cl)nc2)c1. The molecule has 0 N–H and O–H groups in total. The minimum atomic E-state index is 0.489. The van der Waals surface area contributed by atoms with Crippen LogP contribution in [0.25, 0.3) is 0 Å². The minimum absolute atomic E-state index is 0.489. The number of ether oxygens (including phenoxy) is 1. The standard InChI is InChI=1S/C13H11Cl2NO/c14-12-3-1-2-10(6-12)8-17-9-11-4-5-13(15)16-7-11/h1-7H,8-9H2. The molecule has 0 fully saturated rings. The predicted octanol–water partition coefficient (Wildman–Crippen LogP) is 4.11. The summed E-state index contributed by atoms with van der Waals surface area (Å²) in [5.74, 6) is 0. The smallest absolute Gasteiger partial charge is 0.129 e. The monoisotopic (exact) mass is 267 g/mol. The number of hydrogen-bond donors (Lipinski definition) is 0. The number of nitrogens with zero attached hydrogens (tertiary/aromatic N) is 1. The van der Waals surface area contributed by atoms with E-state index in [0.29, 0.717) is 18.4 Å². The molecule has 0 saturated heterocycles. The Labute approximate surface area is 110 Å². The van der Waals surface area contributed by atoms with Crippen molar-refractivity contribution in [1.82, 2.24) is 4.98 Å². The van der Waals surface area contributed by atoms with Crippen molar-refractivity contribution in [3.63, 3.8) is 0 Å². The quantitative estimate of drug-likeness (QED) is 0.778. The molecule has 0 radical (unpaired) electrons. The lowest BCUT2D eigenvalue weighted by Gasteiger charge is -2.04. The van der Waals surface area contributed by atoms with Gasteiger partial charge in [-0.1, -0.05) is 41.4 Å². The van der Waals surface area contributed by atoms with Gasteiger partial charge in [-0.15, -0.1) is 0 Å². The molecule has 88 valence electrons. The van der Waals surface area contributed by atoms with Gasteiger partial charge in [0.2, 0.25) is 0 Å². The summed E-state index contributed by atoms with van der Waals surface area (Å²) in [6.45, 7) is 1.04. The first-order chi connectivity index (χ1) is 8.24.